The number of likely N-dealkylation sites (tertiary alicyclic amines) is 2. The van der Waals surface area contributed by atoms with Crippen LogP contribution in [0.3, 0.4) is 0 Å². The van der Waals surface area contributed by atoms with E-state index >= 15 is 0 Å². The van der Waals surface area contributed by atoms with Crippen LogP contribution in [-0.2, 0) is 33.9 Å². The molecule has 7 heterocycles. The number of amides is 2. The predicted octanol–water partition coefficient (Wildman–Crippen LogP) is 3.55. The molecule has 4 fully saturated rings. The van der Waals surface area contributed by atoms with Gasteiger partial charge in [-0.3, -0.25) is 14.5 Å². The van der Waals surface area contributed by atoms with Gasteiger partial charge in [-0.1, -0.05) is 32.0 Å². The second-order valence-corrected chi connectivity index (χ2v) is 17.4. The van der Waals surface area contributed by atoms with Gasteiger partial charge in [-0.2, -0.15) is 15.0 Å². The van der Waals surface area contributed by atoms with Crippen LogP contribution in [0.15, 0.2) is 42.7 Å². The number of carbonyl (C=O) groups excluding carboxylic acids is 2. The molecule has 0 atom stereocenters. The van der Waals surface area contributed by atoms with Crippen molar-refractivity contribution in [2.45, 2.75) is 70.7 Å². The van der Waals surface area contributed by atoms with Gasteiger partial charge in [0.05, 0.1) is 43.1 Å². The summed E-state index contributed by atoms with van der Waals surface area (Å²) in [4.78, 5) is 60.8. The molecule has 0 bridgehead atoms. The minimum Gasteiger partial charge on any atom is -0.508 e. The molecule has 61 heavy (non-hydrogen) atoms. The molecule has 0 unspecified atom stereocenters. The van der Waals surface area contributed by atoms with Gasteiger partial charge in [0.2, 0.25) is 23.8 Å². The quantitative estimate of drug-likeness (QED) is 0.233. The Morgan fingerprint density at radius 3 is 2.23 bits per heavy atom. The lowest BCUT2D eigenvalue weighted by Crippen LogP contribution is -2.58. The molecular weight excluding hydrogens is 779 g/mol. The maximum absolute atomic E-state index is 13.9. The number of phenols is 2. The first kappa shape index (κ1) is 40.7. The summed E-state index contributed by atoms with van der Waals surface area (Å²) in [7, 11) is 0. The lowest BCUT2D eigenvalue weighted by Gasteiger charge is -2.48. The standard InChI is InChI=1S/C44H55N11O6/c1-28(2)34-20-35(37(57)21-36(34)56)40(59)55-25-31-4-3-29(19-32(31)26-55)24-51-9-5-30(6-10-51)39(58)52-11-7-44(8-12-52)27-54(15-18-61-44)43-49-38(33-22-46-41(45)47-23-33)48-42(50-43)53-13-16-60-17-14-53/h3-4,19-23,28,30,56-57H,5-18,24-27H2,1-2H3,(H2,45,46,47). The third kappa shape index (κ3) is 8.63. The van der Waals surface area contributed by atoms with E-state index in [4.69, 9.17) is 30.2 Å². The number of aromatic hydroxyl groups is 2. The lowest BCUT2D eigenvalue weighted by molar-refractivity contribution is -0.145. The van der Waals surface area contributed by atoms with Crippen LogP contribution in [0.5, 0.6) is 11.5 Å². The average Bonchev–Trinajstić information content (AvgIpc) is 3.71. The zero-order valence-corrected chi connectivity index (χ0v) is 35.0. The summed E-state index contributed by atoms with van der Waals surface area (Å²) in [6.45, 7) is 13.0. The molecule has 5 aliphatic heterocycles. The second kappa shape index (κ2) is 17.0. The van der Waals surface area contributed by atoms with E-state index in [1.54, 1.807) is 23.4 Å². The van der Waals surface area contributed by atoms with Crippen molar-refractivity contribution in [1.82, 2.24) is 39.6 Å². The number of morpholine rings is 2. The number of piperidine rings is 2. The van der Waals surface area contributed by atoms with Crippen LogP contribution >= 0.6 is 0 Å². The third-order valence-electron chi connectivity index (χ3n) is 13.0. The predicted molar refractivity (Wildman–Crippen MR) is 227 cm³/mol. The van der Waals surface area contributed by atoms with E-state index in [1.165, 1.54) is 11.6 Å². The molecule has 0 saturated carbocycles. The van der Waals surface area contributed by atoms with Crippen LogP contribution in [0.1, 0.15) is 78.1 Å². The van der Waals surface area contributed by atoms with Crippen molar-refractivity contribution < 1.29 is 29.3 Å². The number of nitrogens with zero attached hydrogens (tertiary/aromatic N) is 10. The minimum atomic E-state index is -0.403. The van der Waals surface area contributed by atoms with E-state index in [0.717, 1.165) is 56.4 Å². The van der Waals surface area contributed by atoms with Crippen molar-refractivity contribution in [3.05, 3.63) is 70.5 Å². The summed E-state index contributed by atoms with van der Waals surface area (Å²) in [5.41, 5.74) is 10.3. The molecule has 0 radical (unpaired) electrons. The molecule has 4 aromatic rings. The van der Waals surface area contributed by atoms with E-state index in [2.05, 4.69) is 42.9 Å². The molecule has 322 valence electrons. The molecule has 1 spiro atoms. The molecule has 5 aliphatic rings. The van der Waals surface area contributed by atoms with Gasteiger partial charge in [-0.05, 0) is 73.0 Å². The Morgan fingerprint density at radius 1 is 0.820 bits per heavy atom. The number of carbonyl (C=O) groups is 2. The zero-order chi connectivity index (χ0) is 42.3. The molecular formula is C44H55N11O6. The fourth-order valence-corrected chi connectivity index (χ4v) is 9.38. The van der Waals surface area contributed by atoms with Gasteiger partial charge in [-0.25, -0.2) is 9.97 Å². The molecule has 4 saturated heterocycles. The molecule has 17 heteroatoms. The fraction of sp³-hybridized carbons (Fsp3) is 0.523. The Kier molecular flexibility index (Phi) is 11.4. The molecule has 0 aliphatic carbocycles. The largest absolute Gasteiger partial charge is 0.508 e. The van der Waals surface area contributed by atoms with Crippen LogP contribution in [-0.4, -0.2) is 139 Å². The normalized spacial score (nSPS) is 19.8. The van der Waals surface area contributed by atoms with Gasteiger partial charge in [-0.15, -0.1) is 0 Å². The van der Waals surface area contributed by atoms with Crippen LogP contribution < -0.4 is 15.5 Å². The number of rotatable bonds is 8. The zero-order valence-electron chi connectivity index (χ0n) is 35.0. The van der Waals surface area contributed by atoms with Gasteiger partial charge in [0, 0.05) is 76.7 Å². The number of phenolic OH excluding ortho intramolecular Hbond substituents is 2. The summed E-state index contributed by atoms with van der Waals surface area (Å²) < 4.78 is 12.1. The summed E-state index contributed by atoms with van der Waals surface area (Å²) >= 11 is 0. The number of hydrogen-bond acceptors (Lipinski definition) is 15. The van der Waals surface area contributed by atoms with Gasteiger partial charge in [0.15, 0.2) is 5.82 Å². The van der Waals surface area contributed by atoms with E-state index in [1.807, 2.05) is 18.7 Å². The Bertz CT molecular complexity index is 2250. The first-order chi connectivity index (χ1) is 29.5. The number of fused-ring (bicyclic) bond motifs is 1. The molecule has 17 nitrogen and oxygen atoms in total. The smallest absolute Gasteiger partial charge is 0.258 e. The fourth-order valence-electron chi connectivity index (χ4n) is 9.38. The summed E-state index contributed by atoms with van der Waals surface area (Å²) in [5.74, 6) is 1.63. The number of anilines is 3. The third-order valence-corrected chi connectivity index (χ3v) is 13.0. The molecule has 2 aromatic heterocycles. The van der Waals surface area contributed by atoms with Crippen LogP contribution in [0, 0.1) is 5.92 Å². The van der Waals surface area contributed by atoms with Crippen LogP contribution in [0.25, 0.3) is 11.4 Å². The van der Waals surface area contributed by atoms with Crippen LogP contribution in [0.2, 0.25) is 0 Å². The monoisotopic (exact) mass is 833 g/mol. The number of ether oxygens (including phenoxy) is 2. The Morgan fingerprint density at radius 2 is 1.51 bits per heavy atom. The van der Waals surface area contributed by atoms with E-state index in [0.29, 0.717) is 101 Å². The highest BCUT2D eigenvalue weighted by atomic mass is 16.5. The van der Waals surface area contributed by atoms with E-state index in [-0.39, 0.29) is 46.7 Å². The molecule has 2 amide bonds. The van der Waals surface area contributed by atoms with Crippen molar-refractivity contribution in [2.75, 3.05) is 87.7 Å². The van der Waals surface area contributed by atoms with Gasteiger partial charge < -0.3 is 45.0 Å². The van der Waals surface area contributed by atoms with Crippen molar-refractivity contribution in [1.29, 1.82) is 0 Å². The van der Waals surface area contributed by atoms with E-state index in [9.17, 15) is 19.8 Å². The summed E-state index contributed by atoms with van der Waals surface area (Å²) in [6, 6.07) is 9.30. The minimum absolute atomic E-state index is 0.000699. The topological polar surface area (TPSA) is 200 Å². The molecule has 4 N–H and O–H groups in total. The van der Waals surface area contributed by atoms with Gasteiger partial charge >= 0.3 is 0 Å². The second-order valence-electron chi connectivity index (χ2n) is 17.4. The Labute approximate surface area is 355 Å². The number of aromatic nitrogens is 5. The lowest BCUT2D eigenvalue weighted by atomic mass is 9.87. The molecule has 9 rings (SSSR count). The van der Waals surface area contributed by atoms with Crippen molar-refractivity contribution in [2.24, 2.45) is 5.92 Å². The molecule has 2 aromatic carbocycles. The number of nitrogen functional groups attached to an aromatic ring is 1. The van der Waals surface area contributed by atoms with Crippen molar-refractivity contribution in [3.8, 4) is 22.9 Å². The SMILES string of the molecule is CC(C)c1cc(C(=O)N2Cc3ccc(CN4CCC(C(=O)N5CCC6(CC5)CN(c5nc(-c7cnc(N)nc7)nc(N7CCOCC7)n5)CCO6)CC4)cc3C2)c(O)cc1O. The maximum Gasteiger partial charge on any atom is 0.258 e. The highest BCUT2D eigenvalue weighted by Crippen LogP contribution is 2.36. The highest BCUT2D eigenvalue weighted by Gasteiger charge is 2.43. The Balaban J connectivity index is 0.778. The first-order valence-corrected chi connectivity index (χ1v) is 21.5. The van der Waals surface area contributed by atoms with Crippen molar-refractivity contribution in [3.63, 3.8) is 0 Å². The first-order valence-electron chi connectivity index (χ1n) is 21.5. The Hall–Kier alpha value is -5.65. The maximum atomic E-state index is 13.9. The van der Waals surface area contributed by atoms with Gasteiger partial charge in [0.1, 0.15) is 11.5 Å². The van der Waals surface area contributed by atoms with Crippen molar-refractivity contribution >= 4 is 29.7 Å². The summed E-state index contributed by atoms with van der Waals surface area (Å²) in [6.07, 6.45) is 6.38. The number of nitrogens with two attached hydrogens (primary N) is 1. The van der Waals surface area contributed by atoms with Gasteiger partial charge in [0.25, 0.3) is 5.91 Å². The van der Waals surface area contributed by atoms with E-state index < -0.39 is 5.60 Å². The average molecular weight is 834 g/mol. The highest BCUT2D eigenvalue weighted by molar-refractivity contribution is 5.97. The number of hydrogen-bond donors (Lipinski definition) is 3. The number of benzene rings is 2. The van der Waals surface area contributed by atoms with Crippen LogP contribution in [0.4, 0.5) is 17.8 Å². The summed E-state index contributed by atoms with van der Waals surface area (Å²) in [5, 5.41) is 20.8.